The summed E-state index contributed by atoms with van der Waals surface area (Å²) >= 11 is 0. The molecule has 3 heterocycles. The number of rotatable bonds is 7. The maximum Gasteiger partial charge on any atom is 0.376 e. The average Bonchev–Trinajstić information content (AvgIpc) is 3.65. The Balaban J connectivity index is 1.19. The predicted octanol–water partition coefficient (Wildman–Crippen LogP) is 6.60. The van der Waals surface area contributed by atoms with Gasteiger partial charge in [0.2, 0.25) is 5.82 Å². The van der Waals surface area contributed by atoms with Crippen LogP contribution in [-0.2, 0) is 15.6 Å². The molecular formula is C34H41N7O4. The number of urea groups is 1. The number of hydrogen-bond donors (Lipinski definition) is 2. The molecule has 2 unspecified atom stereocenters. The molecule has 0 saturated heterocycles. The van der Waals surface area contributed by atoms with E-state index in [4.69, 9.17) is 9.47 Å². The lowest BCUT2D eigenvalue weighted by Gasteiger charge is -2.32. The van der Waals surface area contributed by atoms with Gasteiger partial charge in [-0.1, -0.05) is 64.8 Å². The number of pyridine rings is 1. The summed E-state index contributed by atoms with van der Waals surface area (Å²) in [6.45, 7) is 10.1. The molecular weight excluding hydrogens is 570 g/mol. The molecule has 0 spiro atoms. The first-order valence-electron chi connectivity index (χ1n) is 15.8. The van der Waals surface area contributed by atoms with Gasteiger partial charge in [-0.2, -0.15) is 0 Å². The fourth-order valence-corrected chi connectivity index (χ4v) is 6.41. The van der Waals surface area contributed by atoms with Crippen molar-refractivity contribution in [1.29, 1.82) is 0 Å². The van der Waals surface area contributed by atoms with Gasteiger partial charge in [0.25, 0.3) is 0 Å². The van der Waals surface area contributed by atoms with Gasteiger partial charge in [-0.3, -0.25) is 9.72 Å². The van der Waals surface area contributed by atoms with Crippen molar-refractivity contribution in [3.8, 4) is 5.75 Å². The summed E-state index contributed by atoms with van der Waals surface area (Å²) in [5, 5.41) is 14.9. The highest BCUT2D eigenvalue weighted by Gasteiger charge is 2.35. The molecule has 1 fully saturated rings. The number of carbonyl (C=O) groups excluding carboxylic acids is 2. The molecule has 2 atom stereocenters. The van der Waals surface area contributed by atoms with E-state index in [9.17, 15) is 9.59 Å². The van der Waals surface area contributed by atoms with Crippen molar-refractivity contribution in [3.05, 3.63) is 77.1 Å². The summed E-state index contributed by atoms with van der Waals surface area (Å²) in [5.41, 5.74) is 3.12. The predicted molar refractivity (Wildman–Crippen MR) is 169 cm³/mol. The number of nitrogens with one attached hydrogen (secondary N) is 2. The van der Waals surface area contributed by atoms with Gasteiger partial charge in [0, 0.05) is 16.9 Å². The van der Waals surface area contributed by atoms with E-state index in [1.165, 1.54) is 12.8 Å². The maximum absolute atomic E-state index is 13.3. The molecule has 0 radical (unpaired) electrons. The molecule has 3 aromatic heterocycles. The number of aromatic nitrogens is 5. The number of fused-ring (bicyclic) bond motifs is 2. The molecule has 11 nitrogen and oxygen atoms in total. The van der Waals surface area contributed by atoms with Crippen molar-refractivity contribution in [3.63, 3.8) is 0 Å². The van der Waals surface area contributed by atoms with Gasteiger partial charge in [-0.25, -0.2) is 19.6 Å². The number of benzene rings is 1. The molecule has 45 heavy (non-hydrogen) atoms. The number of anilines is 1. The third-order valence-electron chi connectivity index (χ3n) is 8.84. The smallest absolute Gasteiger partial charge is 0.376 e. The second-order valence-electron chi connectivity index (χ2n) is 13.3. The summed E-state index contributed by atoms with van der Waals surface area (Å²) in [7, 11) is 0. The second-order valence-corrected chi connectivity index (χ2v) is 13.3. The zero-order chi connectivity index (χ0) is 31.8. The minimum atomic E-state index is -0.633. The summed E-state index contributed by atoms with van der Waals surface area (Å²) in [6.07, 6.45) is 7.85. The van der Waals surface area contributed by atoms with Crippen LogP contribution in [0.5, 0.6) is 5.75 Å². The lowest BCUT2D eigenvalue weighted by molar-refractivity contribution is 0.0511. The molecule has 11 heteroatoms. The van der Waals surface area contributed by atoms with Gasteiger partial charge in [-0.05, 0) is 55.9 Å². The van der Waals surface area contributed by atoms with E-state index in [-0.39, 0.29) is 41.2 Å². The quantitative estimate of drug-likeness (QED) is 0.223. The Labute approximate surface area is 263 Å². The molecule has 1 aromatic carbocycles. The van der Waals surface area contributed by atoms with E-state index < -0.39 is 12.0 Å². The number of esters is 1. The van der Waals surface area contributed by atoms with Gasteiger partial charge < -0.3 is 14.8 Å². The van der Waals surface area contributed by atoms with Crippen molar-refractivity contribution in [1.82, 2.24) is 29.9 Å². The van der Waals surface area contributed by atoms with E-state index in [0.29, 0.717) is 18.5 Å². The Morgan fingerprint density at radius 2 is 1.78 bits per heavy atom. The minimum Gasteiger partial charge on any atom is -0.484 e. The highest BCUT2D eigenvalue weighted by atomic mass is 16.5. The molecule has 0 bridgehead atoms. The zero-order valence-electron chi connectivity index (χ0n) is 26.6. The third-order valence-corrected chi connectivity index (χ3v) is 8.84. The van der Waals surface area contributed by atoms with Gasteiger partial charge in [-0.15, -0.1) is 10.2 Å². The Hall–Kier alpha value is -4.54. The van der Waals surface area contributed by atoms with Crippen LogP contribution in [0.25, 0.3) is 5.65 Å². The molecule has 2 aliphatic carbocycles. The van der Waals surface area contributed by atoms with Crippen LogP contribution in [0, 0.1) is 0 Å². The highest BCUT2D eigenvalue weighted by molar-refractivity contribution is 5.90. The Bertz CT molecular complexity index is 1720. The summed E-state index contributed by atoms with van der Waals surface area (Å²) in [5.74, 6) is 1.26. The molecule has 2 amide bonds. The fraction of sp³-hybridized carbons (Fsp3) is 0.471. The van der Waals surface area contributed by atoms with Crippen LogP contribution in [0.4, 0.5) is 10.6 Å². The van der Waals surface area contributed by atoms with E-state index in [1.54, 1.807) is 13.0 Å². The van der Waals surface area contributed by atoms with Crippen molar-refractivity contribution in [2.75, 3.05) is 11.9 Å². The van der Waals surface area contributed by atoms with Crippen LogP contribution >= 0.6 is 0 Å². The maximum atomic E-state index is 13.3. The number of carbonyl (C=O) groups is 2. The third kappa shape index (κ3) is 6.34. The Morgan fingerprint density at radius 3 is 2.51 bits per heavy atom. The number of hydrogen-bond acceptors (Lipinski definition) is 8. The van der Waals surface area contributed by atoms with Crippen LogP contribution in [0.1, 0.15) is 119 Å². The van der Waals surface area contributed by atoms with Crippen LogP contribution in [0.15, 0.2) is 48.7 Å². The number of ether oxygens (including phenoxy) is 2. The van der Waals surface area contributed by atoms with Crippen molar-refractivity contribution >= 4 is 23.5 Å². The molecule has 4 aromatic rings. The minimum absolute atomic E-state index is 0.0232. The number of amides is 2. The SMILES string of the molecule is CCOC(=O)c1nc(NC(=O)NC2CCC(Oc3ccc4nnc(C5(C)CCCC5)n4c3)c3ccccc32)cc(C(C)(C)C)n1. The van der Waals surface area contributed by atoms with Crippen LogP contribution < -0.4 is 15.4 Å². The molecule has 6 rings (SSSR count). The largest absolute Gasteiger partial charge is 0.484 e. The average molecular weight is 612 g/mol. The first-order valence-corrected chi connectivity index (χ1v) is 15.8. The van der Waals surface area contributed by atoms with E-state index in [2.05, 4.69) is 48.2 Å². The molecule has 2 aliphatic rings. The molecule has 0 aliphatic heterocycles. The normalized spacial score (nSPS) is 19.1. The van der Waals surface area contributed by atoms with Crippen LogP contribution in [-0.4, -0.2) is 43.2 Å². The standard InChI is InChI=1S/C34H41N7O4/c1-6-44-30(42)29-36-26(33(2,3)4)19-27(37-29)38-32(43)35-24-14-15-25(23-12-8-7-11-22(23)24)45-21-13-16-28-39-40-31(41(28)20-21)34(5)17-9-10-18-34/h7-8,11-13,16,19-20,24-25H,6,9-10,14-15,17-18H2,1-5H3,(H2,35,36,37,38,43). The topological polar surface area (TPSA) is 133 Å². The van der Waals surface area contributed by atoms with E-state index in [1.807, 2.05) is 57.3 Å². The Kier molecular flexibility index (Phi) is 8.20. The second kappa shape index (κ2) is 12.1. The van der Waals surface area contributed by atoms with Crippen molar-refractivity contribution < 1.29 is 19.1 Å². The van der Waals surface area contributed by atoms with Crippen LogP contribution in [0.3, 0.4) is 0 Å². The van der Waals surface area contributed by atoms with Gasteiger partial charge >= 0.3 is 12.0 Å². The monoisotopic (exact) mass is 611 g/mol. The first kappa shape index (κ1) is 30.5. The molecule has 1 saturated carbocycles. The van der Waals surface area contributed by atoms with E-state index >= 15 is 0 Å². The molecule has 2 N–H and O–H groups in total. The summed E-state index contributed by atoms with van der Waals surface area (Å²) in [6, 6.07) is 13.0. The Morgan fingerprint density at radius 1 is 1.02 bits per heavy atom. The van der Waals surface area contributed by atoms with Gasteiger partial charge in [0.1, 0.15) is 23.5 Å². The van der Waals surface area contributed by atoms with Gasteiger partial charge in [0.05, 0.1) is 24.5 Å². The van der Waals surface area contributed by atoms with Crippen molar-refractivity contribution in [2.24, 2.45) is 0 Å². The van der Waals surface area contributed by atoms with Gasteiger partial charge in [0.15, 0.2) is 5.65 Å². The summed E-state index contributed by atoms with van der Waals surface area (Å²) in [4.78, 5) is 34.3. The zero-order valence-corrected chi connectivity index (χ0v) is 26.6. The molecule has 236 valence electrons. The highest BCUT2D eigenvalue weighted by Crippen LogP contribution is 2.41. The van der Waals surface area contributed by atoms with Crippen LogP contribution in [0.2, 0.25) is 0 Å². The van der Waals surface area contributed by atoms with Crippen molar-refractivity contribution in [2.45, 2.75) is 96.1 Å². The lowest BCUT2D eigenvalue weighted by atomic mass is 9.85. The summed E-state index contributed by atoms with van der Waals surface area (Å²) < 4.78 is 13.8. The lowest BCUT2D eigenvalue weighted by Crippen LogP contribution is -2.36. The fourth-order valence-electron chi connectivity index (χ4n) is 6.41. The number of nitrogens with zero attached hydrogens (tertiary/aromatic N) is 5. The van der Waals surface area contributed by atoms with E-state index in [0.717, 1.165) is 41.2 Å². The first-order chi connectivity index (χ1) is 21.5.